The van der Waals surface area contributed by atoms with Crippen molar-refractivity contribution in [2.24, 2.45) is 11.1 Å². The van der Waals surface area contributed by atoms with E-state index in [9.17, 15) is 13.2 Å². The van der Waals surface area contributed by atoms with E-state index < -0.39 is 10.0 Å². The van der Waals surface area contributed by atoms with Gasteiger partial charge in [-0.15, -0.1) is 0 Å². The predicted octanol–water partition coefficient (Wildman–Crippen LogP) is 2.71. The summed E-state index contributed by atoms with van der Waals surface area (Å²) in [5.41, 5.74) is 2.91. The maximum absolute atomic E-state index is 12.8. The molecule has 0 aliphatic carbocycles. The molecule has 1 fully saturated rings. The molecule has 1 aliphatic heterocycles. The second-order valence-corrected chi connectivity index (χ2v) is 9.98. The molecule has 1 atom stereocenters. The van der Waals surface area contributed by atoms with Crippen molar-refractivity contribution in [3.05, 3.63) is 71.9 Å². The number of aryl methyl sites for hydroxylation is 1. The van der Waals surface area contributed by atoms with Crippen molar-refractivity contribution in [1.82, 2.24) is 15.3 Å². The molecule has 1 amide bonds. The zero-order chi connectivity index (χ0) is 24.1. The van der Waals surface area contributed by atoms with Crippen LogP contribution in [0.3, 0.4) is 0 Å². The average molecular weight is 481 g/mol. The van der Waals surface area contributed by atoms with Crippen LogP contribution in [-0.2, 0) is 21.4 Å². The fraction of sp³-hybridized carbons (Fsp3) is 0.292. The number of carbonyl (C=O) groups is 1. The molecule has 1 aromatic heterocycles. The SMILES string of the molecule is Cc1ccc(CNC(=O)[C@H]2CCCN(c3ccnc(Nc4ccc(S(N)(=O)=O)cc4)n3)C2)cc1. The van der Waals surface area contributed by atoms with Crippen molar-refractivity contribution in [3.63, 3.8) is 0 Å². The summed E-state index contributed by atoms with van der Waals surface area (Å²) >= 11 is 0. The highest BCUT2D eigenvalue weighted by atomic mass is 32.2. The van der Waals surface area contributed by atoms with Gasteiger partial charge in [-0.1, -0.05) is 29.8 Å². The van der Waals surface area contributed by atoms with Gasteiger partial charge in [-0.05, 0) is 55.7 Å². The van der Waals surface area contributed by atoms with E-state index in [1.54, 1.807) is 18.3 Å². The van der Waals surface area contributed by atoms with Crippen LogP contribution in [-0.4, -0.2) is 37.4 Å². The molecule has 4 rings (SSSR count). The van der Waals surface area contributed by atoms with Crippen LogP contribution in [0.25, 0.3) is 0 Å². The van der Waals surface area contributed by atoms with E-state index in [1.807, 2.05) is 37.3 Å². The number of amides is 1. The molecular weight excluding hydrogens is 452 g/mol. The van der Waals surface area contributed by atoms with Crippen molar-refractivity contribution < 1.29 is 13.2 Å². The van der Waals surface area contributed by atoms with Crippen LogP contribution < -0.4 is 20.7 Å². The van der Waals surface area contributed by atoms with Gasteiger partial charge in [0.05, 0.1) is 10.8 Å². The van der Waals surface area contributed by atoms with Crippen LogP contribution in [0.5, 0.6) is 0 Å². The molecule has 1 saturated heterocycles. The van der Waals surface area contributed by atoms with Gasteiger partial charge in [-0.3, -0.25) is 4.79 Å². The van der Waals surface area contributed by atoms with Crippen LogP contribution >= 0.6 is 0 Å². The highest BCUT2D eigenvalue weighted by Gasteiger charge is 2.26. The Kier molecular flexibility index (Phi) is 7.09. The van der Waals surface area contributed by atoms with Crippen molar-refractivity contribution in [1.29, 1.82) is 0 Å². The van der Waals surface area contributed by atoms with Crippen molar-refractivity contribution in [3.8, 4) is 0 Å². The second-order valence-electron chi connectivity index (χ2n) is 8.42. The highest BCUT2D eigenvalue weighted by molar-refractivity contribution is 7.89. The minimum absolute atomic E-state index is 0.0349. The summed E-state index contributed by atoms with van der Waals surface area (Å²) in [5.74, 6) is 1.05. The molecule has 3 aromatic rings. The number of rotatable bonds is 7. The van der Waals surface area contributed by atoms with E-state index in [0.29, 0.717) is 24.7 Å². The predicted molar refractivity (Wildman–Crippen MR) is 131 cm³/mol. The molecule has 0 spiro atoms. The van der Waals surface area contributed by atoms with E-state index in [1.165, 1.54) is 17.7 Å². The van der Waals surface area contributed by atoms with E-state index in [0.717, 1.165) is 30.8 Å². The summed E-state index contributed by atoms with van der Waals surface area (Å²) in [6.45, 7) is 3.94. The maximum Gasteiger partial charge on any atom is 0.238 e. The number of nitrogens with one attached hydrogen (secondary N) is 2. The number of hydrogen-bond acceptors (Lipinski definition) is 7. The molecule has 0 radical (unpaired) electrons. The first-order valence-corrected chi connectivity index (χ1v) is 12.6. The molecule has 0 bridgehead atoms. The Balaban J connectivity index is 1.37. The summed E-state index contributed by atoms with van der Waals surface area (Å²) in [7, 11) is -3.75. The summed E-state index contributed by atoms with van der Waals surface area (Å²) in [6, 6.07) is 16.0. The quantitative estimate of drug-likeness (QED) is 0.474. The number of nitrogens with zero attached hydrogens (tertiary/aromatic N) is 3. The molecule has 1 aliphatic rings. The molecule has 0 unspecified atom stereocenters. The smallest absolute Gasteiger partial charge is 0.238 e. The van der Waals surface area contributed by atoms with Crippen molar-refractivity contribution >= 4 is 33.4 Å². The first-order valence-electron chi connectivity index (χ1n) is 11.1. The van der Waals surface area contributed by atoms with Gasteiger partial charge in [0.2, 0.25) is 21.9 Å². The van der Waals surface area contributed by atoms with Gasteiger partial charge in [-0.2, -0.15) is 4.98 Å². The Morgan fingerprint density at radius 3 is 2.56 bits per heavy atom. The number of anilines is 3. The number of sulfonamides is 1. The summed E-state index contributed by atoms with van der Waals surface area (Å²) < 4.78 is 22.8. The lowest BCUT2D eigenvalue weighted by Crippen LogP contribution is -2.43. The van der Waals surface area contributed by atoms with E-state index in [-0.39, 0.29) is 16.7 Å². The summed E-state index contributed by atoms with van der Waals surface area (Å²) in [5, 5.41) is 11.3. The Morgan fingerprint density at radius 1 is 1.12 bits per heavy atom. The van der Waals surface area contributed by atoms with Crippen LogP contribution in [0.1, 0.15) is 24.0 Å². The summed E-state index contributed by atoms with van der Waals surface area (Å²) in [4.78, 5) is 23.8. The number of benzene rings is 2. The lowest BCUT2D eigenvalue weighted by atomic mass is 9.97. The van der Waals surface area contributed by atoms with Gasteiger partial charge in [0.1, 0.15) is 5.82 Å². The van der Waals surface area contributed by atoms with Crippen LogP contribution in [0.4, 0.5) is 17.5 Å². The number of nitrogens with two attached hydrogens (primary N) is 1. The van der Waals surface area contributed by atoms with Crippen LogP contribution in [0.15, 0.2) is 65.7 Å². The molecule has 0 saturated carbocycles. The average Bonchev–Trinajstić information content (AvgIpc) is 2.83. The van der Waals surface area contributed by atoms with Gasteiger partial charge in [0, 0.05) is 31.5 Å². The van der Waals surface area contributed by atoms with Gasteiger partial charge >= 0.3 is 0 Å². The Morgan fingerprint density at radius 2 is 1.85 bits per heavy atom. The standard InChI is InChI=1S/C24H28N6O3S/c1-17-4-6-18(7-5-17)15-27-23(31)19-3-2-14-30(16-19)22-12-13-26-24(29-22)28-20-8-10-21(11-9-20)34(25,32)33/h4-13,19H,2-3,14-16H2,1H3,(H,27,31)(H2,25,32,33)(H,26,28,29)/t19-/m0/s1. The Hall–Kier alpha value is -3.50. The fourth-order valence-corrected chi connectivity index (χ4v) is 4.40. The zero-order valence-corrected chi connectivity index (χ0v) is 19.8. The third-order valence-electron chi connectivity index (χ3n) is 5.78. The molecule has 2 heterocycles. The number of piperidine rings is 1. The van der Waals surface area contributed by atoms with Gasteiger partial charge in [0.25, 0.3) is 0 Å². The second kappa shape index (κ2) is 10.2. The normalized spacial score (nSPS) is 16.2. The number of hydrogen-bond donors (Lipinski definition) is 3. The third-order valence-corrected chi connectivity index (χ3v) is 6.71. The molecule has 10 heteroatoms. The topological polar surface area (TPSA) is 130 Å². The number of carbonyl (C=O) groups excluding carboxylic acids is 1. The maximum atomic E-state index is 12.8. The first-order chi connectivity index (χ1) is 16.3. The van der Waals surface area contributed by atoms with Crippen LogP contribution in [0.2, 0.25) is 0 Å². The Labute approximate surface area is 199 Å². The number of primary sulfonamides is 1. The van der Waals surface area contributed by atoms with E-state index >= 15 is 0 Å². The van der Waals surface area contributed by atoms with Gasteiger partial charge in [0.15, 0.2) is 0 Å². The van der Waals surface area contributed by atoms with Crippen molar-refractivity contribution in [2.75, 3.05) is 23.3 Å². The Bertz CT molecular complexity index is 1250. The minimum Gasteiger partial charge on any atom is -0.356 e. The molecule has 178 valence electrons. The first kappa shape index (κ1) is 23.7. The van der Waals surface area contributed by atoms with Gasteiger partial charge in [-0.25, -0.2) is 18.5 Å². The van der Waals surface area contributed by atoms with Crippen LogP contribution in [0, 0.1) is 12.8 Å². The van der Waals surface area contributed by atoms with Crippen molar-refractivity contribution in [2.45, 2.75) is 31.2 Å². The molecule has 2 aromatic carbocycles. The summed E-state index contributed by atoms with van der Waals surface area (Å²) in [6.07, 6.45) is 3.39. The highest BCUT2D eigenvalue weighted by Crippen LogP contribution is 2.23. The lowest BCUT2D eigenvalue weighted by molar-refractivity contribution is -0.125. The zero-order valence-electron chi connectivity index (χ0n) is 18.9. The third kappa shape index (κ3) is 6.09. The molecule has 9 nitrogen and oxygen atoms in total. The lowest BCUT2D eigenvalue weighted by Gasteiger charge is -2.33. The largest absolute Gasteiger partial charge is 0.356 e. The van der Waals surface area contributed by atoms with E-state index in [4.69, 9.17) is 5.14 Å². The fourth-order valence-electron chi connectivity index (χ4n) is 3.88. The molecular formula is C24H28N6O3S. The molecule has 34 heavy (non-hydrogen) atoms. The number of aromatic nitrogens is 2. The van der Waals surface area contributed by atoms with Gasteiger partial charge < -0.3 is 15.5 Å². The van der Waals surface area contributed by atoms with E-state index in [2.05, 4.69) is 25.5 Å². The minimum atomic E-state index is -3.75. The molecule has 4 N–H and O–H groups in total. The monoisotopic (exact) mass is 480 g/mol.